The summed E-state index contributed by atoms with van der Waals surface area (Å²) >= 11 is 0. The van der Waals surface area contributed by atoms with Gasteiger partial charge in [-0.2, -0.15) is 0 Å². The van der Waals surface area contributed by atoms with Crippen LogP contribution < -0.4 is 0 Å². The number of rotatable bonds is 3. The summed E-state index contributed by atoms with van der Waals surface area (Å²) in [5, 5.41) is 9.97. The third-order valence-corrected chi connectivity index (χ3v) is 3.26. The number of aliphatic hydroxyl groups excluding tert-OH is 1. The molecule has 3 unspecified atom stereocenters. The van der Waals surface area contributed by atoms with Crippen molar-refractivity contribution in [2.75, 3.05) is 6.61 Å². The molecule has 3 atom stereocenters. The normalized spacial score (nSPS) is 26.1. The summed E-state index contributed by atoms with van der Waals surface area (Å²) in [6, 6.07) is 3.27. The molecule has 1 aromatic carbocycles. The highest BCUT2D eigenvalue weighted by molar-refractivity contribution is 5.19. The van der Waals surface area contributed by atoms with Crippen LogP contribution in [0, 0.1) is 17.6 Å². The number of hydrogen-bond acceptors (Lipinski definition) is 2. The van der Waals surface area contributed by atoms with E-state index in [1.165, 1.54) is 0 Å². The summed E-state index contributed by atoms with van der Waals surface area (Å²) in [6.45, 7) is 2.61. The highest BCUT2D eigenvalue weighted by Gasteiger charge is 2.31. The summed E-state index contributed by atoms with van der Waals surface area (Å²) in [6.07, 6.45) is -0.0900. The van der Waals surface area contributed by atoms with Crippen molar-refractivity contribution in [3.8, 4) is 0 Å². The Hall–Kier alpha value is -1.00. The van der Waals surface area contributed by atoms with Gasteiger partial charge in [0.25, 0.3) is 0 Å². The topological polar surface area (TPSA) is 29.5 Å². The summed E-state index contributed by atoms with van der Waals surface area (Å²) in [7, 11) is 0. The largest absolute Gasteiger partial charge is 0.390 e. The van der Waals surface area contributed by atoms with Crippen LogP contribution in [-0.2, 0) is 11.2 Å². The molecule has 1 N–H and O–H groups in total. The van der Waals surface area contributed by atoms with E-state index in [4.69, 9.17) is 4.74 Å². The molecule has 1 aromatic rings. The van der Waals surface area contributed by atoms with E-state index in [9.17, 15) is 13.9 Å². The van der Waals surface area contributed by atoms with E-state index < -0.39 is 17.7 Å². The molecule has 0 saturated carbocycles. The van der Waals surface area contributed by atoms with Gasteiger partial charge in [0.2, 0.25) is 0 Å². The van der Waals surface area contributed by atoms with Gasteiger partial charge in [0.1, 0.15) is 11.6 Å². The number of halogens is 2. The second-order valence-corrected chi connectivity index (χ2v) is 4.61. The van der Waals surface area contributed by atoms with Crippen LogP contribution in [0.5, 0.6) is 0 Å². The van der Waals surface area contributed by atoms with Gasteiger partial charge in [0, 0.05) is 13.0 Å². The Morgan fingerprint density at radius 1 is 1.47 bits per heavy atom. The molecule has 17 heavy (non-hydrogen) atoms. The molecule has 1 aliphatic heterocycles. The molecule has 0 spiro atoms. The van der Waals surface area contributed by atoms with E-state index in [1.54, 1.807) is 0 Å². The van der Waals surface area contributed by atoms with Gasteiger partial charge >= 0.3 is 0 Å². The van der Waals surface area contributed by atoms with Crippen molar-refractivity contribution in [1.29, 1.82) is 0 Å². The second-order valence-electron chi connectivity index (χ2n) is 4.61. The second kappa shape index (κ2) is 5.10. The highest BCUT2D eigenvalue weighted by atomic mass is 19.1. The molecule has 2 nitrogen and oxygen atoms in total. The molecule has 1 heterocycles. The predicted molar refractivity (Wildman–Crippen MR) is 59.6 cm³/mol. The van der Waals surface area contributed by atoms with Crippen LogP contribution in [0.3, 0.4) is 0 Å². The van der Waals surface area contributed by atoms with Gasteiger partial charge in [-0.1, -0.05) is 6.92 Å². The molecule has 0 aromatic heterocycles. The molecular weight excluding hydrogens is 226 g/mol. The first-order chi connectivity index (χ1) is 8.08. The van der Waals surface area contributed by atoms with Crippen LogP contribution in [0.2, 0.25) is 0 Å². The van der Waals surface area contributed by atoms with Crippen molar-refractivity contribution in [3.05, 3.63) is 35.4 Å². The molecule has 0 bridgehead atoms. The van der Waals surface area contributed by atoms with Gasteiger partial charge in [0.15, 0.2) is 0 Å². The Morgan fingerprint density at radius 3 is 2.88 bits per heavy atom. The summed E-state index contributed by atoms with van der Waals surface area (Å²) in [4.78, 5) is 0. The van der Waals surface area contributed by atoms with Crippen LogP contribution in [0.1, 0.15) is 18.9 Å². The van der Waals surface area contributed by atoms with Gasteiger partial charge < -0.3 is 9.84 Å². The zero-order valence-corrected chi connectivity index (χ0v) is 9.70. The molecule has 1 aliphatic rings. The smallest absolute Gasteiger partial charge is 0.126 e. The molecular formula is C13H16F2O2. The van der Waals surface area contributed by atoms with Crippen molar-refractivity contribution in [3.63, 3.8) is 0 Å². The third kappa shape index (κ3) is 2.82. The first-order valence-corrected chi connectivity index (χ1v) is 5.81. The van der Waals surface area contributed by atoms with Gasteiger partial charge in [-0.25, -0.2) is 8.78 Å². The minimum atomic E-state index is -0.788. The number of hydrogen-bond donors (Lipinski definition) is 1. The lowest BCUT2D eigenvalue weighted by Crippen LogP contribution is -2.32. The fraction of sp³-hybridized carbons (Fsp3) is 0.538. The minimum absolute atomic E-state index is 0.0819. The maximum absolute atomic E-state index is 13.4. The van der Waals surface area contributed by atoms with E-state index in [0.29, 0.717) is 6.61 Å². The Balaban J connectivity index is 2.07. The lowest BCUT2D eigenvalue weighted by Gasteiger charge is -2.21. The highest BCUT2D eigenvalue weighted by Crippen LogP contribution is 2.25. The van der Waals surface area contributed by atoms with Crippen LogP contribution in [-0.4, -0.2) is 23.9 Å². The molecule has 94 valence electrons. The summed E-state index contributed by atoms with van der Waals surface area (Å²) in [5.41, 5.74) is 0.195. The van der Waals surface area contributed by atoms with Crippen LogP contribution >= 0.6 is 0 Å². The van der Waals surface area contributed by atoms with Crippen molar-refractivity contribution in [2.45, 2.75) is 32.0 Å². The fourth-order valence-corrected chi connectivity index (χ4v) is 2.25. The average Bonchev–Trinajstić information content (AvgIpc) is 2.70. The lowest BCUT2D eigenvalue weighted by molar-refractivity contribution is -0.0161. The maximum atomic E-state index is 13.4. The third-order valence-electron chi connectivity index (χ3n) is 3.26. The molecule has 2 rings (SSSR count). The number of ether oxygens (including phenoxy) is 1. The standard InChI is InChI=1S/C13H16F2O2/c1-8-4-5-17-13(8)12(16)7-9-6-10(14)2-3-11(9)15/h2-3,6,8,12-13,16H,4-5,7H2,1H3. The molecule has 0 amide bonds. The van der Waals surface area contributed by atoms with Crippen LogP contribution in [0.25, 0.3) is 0 Å². The zero-order valence-electron chi connectivity index (χ0n) is 9.70. The van der Waals surface area contributed by atoms with E-state index in [1.807, 2.05) is 6.92 Å². The van der Waals surface area contributed by atoms with Gasteiger partial charge in [-0.3, -0.25) is 0 Å². The zero-order chi connectivity index (χ0) is 12.4. The monoisotopic (exact) mass is 242 g/mol. The fourth-order valence-electron chi connectivity index (χ4n) is 2.25. The Morgan fingerprint density at radius 2 is 2.24 bits per heavy atom. The first kappa shape index (κ1) is 12.5. The lowest BCUT2D eigenvalue weighted by atomic mass is 9.95. The van der Waals surface area contributed by atoms with Crippen molar-refractivity contribution in [1.82, 2.24) is 0 Å². The Bertz CT molecular complexity index is 395. The Labute approximate surface area is 99.2 Å². The van der Waals surface area contributed by atoms with Gasteiger partial charge in [-0.05, 0) is 36.1 Å². The van der Waals surface area contributed by atoms with Crippen LogP contribution in [0.15, 0.2) is 18.2 Å². The van der Waals surface area contributed by atoms with Gasteiger partial charge in [0.05, 0.1) is 12.2 Å². The number of aliphatic hydroxyl groups is 1. The first-order valence-electron chi connectivity index (χ1n) is 5.81. The van der Waals surface area contributed by atoms with Crippen molar-refractivity contribution in [2.24, 2.45) is 5.92 Å². The van der Waals surface area contributed by atoms with Gasteiger partial charge in [-0.15, -0.1) is 0 Å². The van der Waals surface area contributed by atoms with E-state index in [0.717, 1.165) is 24.6 Å². The van der Waals surface area contributed by atoms with E-state index in [-0.39, 0.29) is 24.0 Å². The SMILES string of the molecule is CC1CCOC1C(O)Cc1cc(F)ccc1F. The minimum Gasteiger partial charge on any atom is -0.390 e. The van der Waals surface area contributed by atoms with E-state index >= 15 is 0 Å². The van der Waals surface area contributed by atoms with Crippen molar-refractivity contribution < 1.29 is 18.6 Å². The van der Waals surface area contributed by atoms with Crippen LogP contribution in [0.4, 0.5) is 8.78 Å². The molecule has 4 heteroatoms. The molecule has 0 aliphatic carbocycles. The van der Waals surface area contributed by atoms with E-state index in [2.05, 4.69) is 0 Å². The summed E-state index contributed by atoms with van der Waals surface area (Å²) in [5.74, 6) is -0.730. The molecule has 0 radical (unpaired) electrons. The molecule has 1 fully saturated rings. The quantitative estimate of drug-likeness (QED) is 0.881. The number of benzene rings is 1. The predicted octanol–water partition coefficient (Wildman–Crippen LogP) is 2.29. The maximum Gasteiger partial charge on any atom is 0.126 e. The summed E-state index contributed by atoms with van der Waals surface area (Å²) < 4.78 is 31.8. The average molecular weight is 242 g/mol. The Kier molecular flexibility index (Phi) is 3.74. The van der Waals surface area contributed by atoms with Crippen molar-refractivity contribution >= 4 is 0 Å². The molecule has 1 saturated heterocycles.